The summed E-state index contributed by atoms with van der Waals surface area (Å²) in [5.74, 6) is -0.238. The predicted molar refractivity (Wildman–Crippen MR) is 126 cm³/mol. The molecular weight excluding hydrogens is 502 g/mol. The van der Waals surface area contributed by atoms with Crippen molar-refractivity contribution in [1.82, 2.24) is 9.21 Å². The Morgan fingerprint density at radius 3 is 2.39 bits per heavy atom. The van der Waals surface area contributed by atoms with Crippen LogP contribution in [0.25, 0.3) is 0 Å². The fourth-order valence-corrected chi connectivity index (χ4v) is 6.21. The lowest BCUT2D eigenvalue weighted by Crippen LogP contribution is -2.53. The number of sulfonamides is 1. The molecule has 2 aromatic rings. The van der Waals surface area contributed by atoms with Gasteiger partial charge in [0.2, 0.25) is 15.9 Å². The molecule has 1 atom stereocenters. The van der Waals surface area contributed by atoms with E-state index in [0.29, 0.717) is 31.1 Å². The van der Waals surface area contributed by atoms with E-state index in [2.05, 4.69) is 20.8 Å². The average Bonchev–Trinajstić information content (AvgIpc) is 2.79. The molecule has 6 nitrogen and oxygen atoms in total. The summed E-state index contributed by atoms with van der Waals surface area (Å²) in [6.07, 6.45) is 1.41. The Labute approximate surface area is 196 Å². The van der Waals surface area contributed by atoms with E-state index in [4.69, 9.17) is 11.6 Å². The minimum atomic E-state index is -3.60. The number of rotatable bonds is 4. The zero-order valence-electron chi connectivity index (χ0n) is 17.1. The zero-order valence-corrected chi connectivity index (χ0v) is 20.2. The minimum Gasteiger partial charge on any atom is -0.368 e. The number of benzene rings is 2. The summed E-state index contributed by atoms with van der Waals surface area (Å²) in [4.78, 5) is 17.5. The summed E-state index contributed by atoms with van der Waals surface area (Å²) < 4.78 is 28.4. The van der Waals surface area contributed by atoms with Gasteiger partial charge >= 0.3 is 0 Å². The average molecular weight is 527 g/mol. The first-order chi connectivity index (χ1) is 14.8. The lowest BCUT2D eigenvalue weighted by Gasteiger charge is -2.39. The van der Waals surface area contributed by atoms with Gasteiger partial charge in [-0.15, -0.1) is 0 Å². The Morgan fingerprint density at radius 2 is 1.71 bits per heavy atom. The number of anilines is 1. The standard InChI is InChI=1S/C22H25BrClN3O3S/c23-18-6-8-21(9-7-18)31(29,30)27-10-2-3-17(16-27)22(28)26-13-11-25(12-14-26)20-5-1-4-19(24)15-20/h1,4-9,15,17H,2-3,10-14,16H2/t17-/m1/s1. The van der Waals surface area contributed by atoms with Crippen molar-refractivity contribution in [2.75, 3.05) is 44.2 Å². The lowest BCUT2D eigenvalue weighted by molar-refractivity contribution is -0.137. The van der Waals surface area contributed by atoms with Crippen molar-refractivity contribution >= 4 is 49.1 Å². The second kappa shape index (κ2) is 9.48. The first-order valence-electron chi connectivity index (χ1n) is 10.4. The number of nitrogens with zero attached hydrogens (tertiary/aromatic N) is 3. The van der Waals surface area contributed by atoms with Crippen molar-refractivity contribution < 1.29 is 13.2 Å². The summed E-state index contributed by atoms with van der Waals surface area (Å²) in [7, 11) is -3.60. The second-order valence-electron chi connectivity index (χ2n) is 7.95. The highest BCUT2D eigenvalue weighted by Gasteiger charge is 2.35. The molecule has 9 heteroatoms. The largest absolute Gasteiger partial charge is 0.368 e. The van der Waals surface area contributed by atoms with Gasteiger partial charge in [-0.25, -0.2) is 8.42 Å². The Bertz CT molecular complexity index is 1040. The number of hydrogen-bond acceptors (Lipinski definition) is 4. The molecule has 0 saturated carbocycles. The highest BCUT2D eigenvalue weighted by molar-refractivity contribution is 9.10. The topological polar surface area (TPSA) is 60.9 Å². The van der Waals surface area contributed by atoms with Gasteiger partial charge in [-0.05, 0) is 55.3 Å². The molecule has 31 heavy (non-hydrogen) atoms. The number of carbonyl (C=O) groups excluding carboxylic acids is 1. The third-order valence-electron chi connectivity index (χ3n) is 5.95. The van der Waals surface area contributed by atoms with Gasteiger partial charge in [0.15, 0.2) is 0 Å². The van der Waals surface area contributed by atoms with E-state index < -0.39 is 10.0 Å². The summed E-state index contributed by atoms with van der Waals surface area (Å²) in [6.45, 7) is 3.42. The van der Waals surface area contributed by atoms with Gasteiger partial charge in [-0.3, -0.25) is 4.79 Å². The Morgan fingerprint density at radius 1 is 1.00 bits per heavy atom. The monoisotopic (exact) mass is 525 g/mol. The van der Waals surface area contributed by atoms with Crippen LogP contribution in [0, 0.1) is 5.92 Å². The Balaban J connectivity index is 1.38. The summed E-state index contributed by atoms with van der Waals surface area (Å²) in [6, 6.07) is 14.4. The van der Waals surface area contributed by atoms with E-state index >= 15 is 0 Å². The molecule has 2 saturated heterocycles. The Kier molecular flexibility index (Phi) is 6.91. The van der Waals surface area contributed by atoms with Crippen molar-refractivity contribution in [2.24, 2.45) is 5.92 Å². The molecule has 0 radical (unpaired) electrons. The number of hydrogen-bond donors (Lipinski definition) is 0. The molecule has 2 heterocycles. The second-order valence-corrected chi connectivity index (χ2v) is 11.2. The van der Waals surface area contributed by atoms with Crippen LogP contribution in [0.4, 0.5) is 5.69 Å². The van der Waals surface area contributed by atoms with Crippen molar-refractivity contribution in [3.63, 3.8) is 0 Å². The van der Waals surface area contributed by atoms with Gasteiger partial charge in [-0.2, -0.15) is 4.31 Å². The maximum atomic E-state index is 13.2. The number of amides is 1. The molecule has 0 unspecified atom stereocenters. The van der Waals surface area contributed by atoms with E-state index in [0.717, 1.165) is 29.7 Å². The molecule has 2 aliphatic heterocycles. The van der Waals surface area contributed by atoms with Gasteiger partial charge < -0.3 is 9.80 Å². The number of piperazine rings is 1. The molecular formula is C22H25BrClN3O3S. The van der Waals surface area contributed by atoms with Gasteiger partial charge in [0, 0.05) is 54.5 Å². The van der Waals surface area contributed by atoms with Crippen LogP contribution >= 0.6 is 27.5 Å². The highest BCUT2D eigenvalue weighted by Crippen LogP contribution is 2.27. The molecule has 0 bridgehead atoms. The molecule has 2 fully saturated rings. The van der Waals surface area contributed by atoms with Crippen LogP contribution in [0.5, 0.6) is 0 Å². The molecule has 0 spiro atoms. The van der Waals surface area contributed by atoms with Crippen LogP contribution in [0.2, 0.25) is 5.02 Å². The molecule has 2 aliphatic rings. The molecule has 0 aliphatic carbocycles. The Hall–Kier alpha value is -1.61. The van der Waals surface area contributed by atoms with E-state index in [1.807, 2.05) is 29.2 Å². The first kappa shape index (κ1) is 22.6. The third kappa shape index (κ3) is 5.08. The zero-order chi connectivity index (χ0) is 22.0. The molecule has 4 rings (SSSR count). The fourth-order valence-electron chi connectivity index (χ4n) is 4.23. The lowest BCUT2D eigenvalue weighted by atomic mass is 9.97. The van der Waals surface area contributed by atoms with Crippen molar-refractivity contribution in [2.45, 2.75) is 17.7 Å². The van der Waals surface area contributed by atoms with Crippen molar-refractivity contribution in [3.8, 4) is 0 Å². The van der Waals surface area contributed by atoms with Crippen molar-refractivity contribution in [1.29, 1.82) is 0 Å². The van der Waals surface area contributed by atoms with Gasteiger partial charge in [0.05, 0.1) is 10.8 Å². The quantitative estimate of drug-likeness (QED) is 0.607. The number of carbonyl (C=O) groups is 1. The maximum absolute atomic E-state index is 13.2. The van der Waals surface area contributed by atoms with E-state index in [1.54, 1.807) is 24.3 Å². The van der Waals surface area contributed by atoms with E-state index in [-0.39, 0.29) is 23.3 Å². The van der Waals surface area contributed by atoms with Crippen LogP contribution in [-0.4, -0.2) is 62.8 Å². The molecule has 2 aromatic carbocycles. The van der Waals surface area contributed by atoms with Crippen LogP contribution < -0.4 is 4.90 Å². The normalized spacial score (nSPS) is 20.6. The van der Waals surface area contributed by atoms with E-state index in [9.17, 15) is 13.2 Å². The predicted octanol–water partition coefficient (Wildman–Crippen LogP) is 3.85. The van der Waals surface area contributed by atoms with Crippen LogP contribution in [0.15, 0.2) is 57.9 Å². The van der Waals surface area contributed by atoms with Gasteiger partial charge in [-0.1, -0.05) is 33.6 Å². The van der Waals surface area contributed by atoms with Crippen LogP contribution in [-0.2, 0) is 14.8 Å². The summed E-state index contributed by atoms with van der Waals surface area (Å²) >= 11 is 9.43. The first-order valence-corrected chi connectivity index (χ1v) is 13.0. The number of halogens is 2. The maximum Gasteiger partial charge on any atom is 0.243 e. The minimum absolute atomic E-state index is 0.0569. The summed E-state index contributed by atoms with van der Waals surface area (Å²) in [5, 5.41) is 0.699. The molecule has 0 aromatic heterocycles. The highest BCUT2D eigenvalue weighted by atomic mass is 79.9. The molecule has 1 amide bonds. The van der Waals surface area contributed by atoms with Gasteiger partial charge in [0.25, 0.3) is 0 Å². The third-order valence-corrected chi connectivity index (χ3v) is 8.59. The number of piperidine rings is 1. The smallest absolute Gasteiger partial charge is 0.243 e. The molecule has 0 N–H and O–H groups in total. The SMILES string of the molecule is O=C([C@@H]1CCCN(S(=O)(=O)c2ccc(Br)cc2)C1)N1CCN(c2cccc(Cl)c2)CC1. The van der Waals surface area contributed by atoms with Gasteiger partial charge in [0.1, 0.15) is 0 Å². The van der Waals surface area contributed by atoms with E-state index in [1.165, 1.54) is 4.31 Å². The van der Waals surface area contributed by atoms with Crippen molar-refractivity contribution in [3.05, 3.63) is 58.0 Å². The van der Waals surface area contributed by atoms with Crippen LogP contribution in [0.1, 0.15) is 12.8 Å². The molecule has 166 valence electrons. The van der Waals surface area contributed by atoms with Crippen LogP contribution in [0.3, 0.4) is 0 Å². The summed E-state index contributed by atoms with van der Waals surface area (Å²) in [5.41, 5.74) is 1.06. The fraction of sp³-hybridized carbons (Fsp3) is 0.409.